The minimum Gasteiger partial charge on any atom is -0.481 e. The van der Waals surface area contributed by atoms with E-state index in [0.29, 0.717) is 31.0 Å². The lowest BCUT2D eigenvalue weighted by molar-refractivity contribution is -0.137. The molecule has 7 heteroatoms. The third kappa shape index (κ3) is 5.52. The Hall–Kier alpha value is -3.45. The maximum absolute atomic E-state index is 12.3. The first-order valence-corrected chi connectivity index (χ1v) is 8.97. The highest BCUT2D eigenvalue weighted by molar-refractivity contribution is 6.03. The number of nitrogens with one attached hydrogen (secondary N) is 2. The van der Waals surface area contributed by atoms with Crippen molar-refractivity contribution in [1.29, 1.82) is 0 Å². The molecule has 3 rings (SSSR count). The van der Waals surface area contributed by atoms with Gasteiger partial charge in [0.15, 0.2) is 11.5 Å². The smallest absolute Gasteiger partial charge is 0.303 e. The van der Waals surface area contributed by atoms with E-state index >= 15 is 0 Å². The number of aromatic nitrogens is 1. The fourth-order valence-electron chi connectivity index (χ4n) is 2.62. The Balaban J connectivity index is 1.51. The molecule has 1 aromatic heterocycles. The number of carboxylic acids is 1. The van der Waals surface area contributed by atoms with E-state index < -0.39 is 5.97 Å². The van der Waals surface area contributed by atoms with E-state index in [1.807, 2.05) is 54.6 Å². The summed E-state index contributed by atoms with van der Waals surface area (Å²) in [5.74, 6) is -0.592. The van der Waals surface area contributed by atoms with Crippen molar-refractivity contribution in [2.24, 2.45) is 0 Å². The van der Waals surface area contributed by atoms with Crippen LogP contribution in [0.15, 0.2) is 65.2 Å². The molecule has 144 valence electrons. The molecule has 3 aromatic rings. The number of carbonyl (C=O) groups is 2. The zero-order valence-corrected chi connectivity index (χ0v) is 15.2. The molecule has 1 heterocycles. The van der Waals surface area contributed by atoms with Crippen LogP contribution in [0.25, 0.3) is 11.3 Å². The summed E-state index contributed by atoms with van der Waals surface area (Å²) >= 11 is 0. The van der Waals surface area contributed by atoms with Crippen molar-refractivity contribution in [3.8, 4) is 11.3 Å². The topological polar surface area (TPSA) is 104 Å². The van der Waals surface area contributed by atoms with Crippen LogP contribution in [0.5, 0.6) is 0 Å². The van der Waals surface area contributed by atoms with Gasteiger partial charge < -0.3 is 20.3 Å². The number of amides is 1. The third-order valence-electron chi connectivity index (χ3n) is 4.09. The van der Waals surface area contributed by atoms with Crippen LogP contribution in [0.2, 0.25) is 0 Å². The molecule has 0 saturated carbocycles. The number of benzene rings is 2. The van der Waals surface area contributed by atoms with Crippen LogP contribution in [0, 0.1) is 0 Å². The lowest BCUT2D eigenvalue weighted by Crippen LogP contribution is -2.16. The zero-order chi connectivity index (χ0) is 19.8. The van der Waals surface area contributed by atoms with Crippen molar-refractivity contribution in [2.45, 2.75) is 19.4 Å². The molecule has 7 nitrogen and oxygen atoms in total. The normalized spacial score (nSPS) is 10.6. The van der Waals surface area contributed by atoms with Crippen LogP contribution >= 0.6 is 0 Å². The van der Waals surface area contributed by atoms with E-state index in [0.717, 1.165) is 11.1 Å². The molecule has 0 fully saturated rings. The van der Waals surface area contributed by atoms with Crippen LogP contribution < -0.4 is 10.6 Å². The van der Waals surface area contributed by atoms with E-state index in [1.165, 1.54) is 0 Å². The van der Waals surface area contributed by atoms with E-state index in [9.17, 15) is 9.59 Å². The summed E-state index contributed by atoms with van der Waals surface area (Å²) in [4.78, 5) is 22.8. The molecule has 2 aromatic carbocycles. The number of carbonyl (C=O) groups excluding carboxylic acids is 1. The quantitative estimate of drug-likeness (QED) is 0.491. The van der Waals surface area contributed by atoms with Gasteiger partial charge in [-0.3, -0.25) is 9.59 Å². The Kier molecular flexibility index (Phi) is 6.54. The molecule has 0 atom stereocenters. The summed E-state index contributed by atoms with van der Waals surface area (Å²) in [5.41, 5.74) is 2.77. The molecule has 0 spiro atoms. The number of carboxylic acid groups (broad SMARTS) is 1. The molecule has 28 heavy (non-hydrogen) atoms. The first-order chi connectivity index (χ1) is 13.6. The first-order valence-electron chi connectivity index (χ1n) is 8.97. The largest absolute Gasteiger partial charge is 0.481 e. The summed E-state index contributed by atoms with van der Waals surface area (Å²) in [6, 6.07) is 18.5. The average Bonchev–Trinajstić information content (AvgIpc) is 3.20. The van der Waals surface area contributed by atoms with Gasteiger partial charge in [-0.15, -0.1) is 0 Å². The van der Waals surface area contributed by atoms with E-state index in [4.69, 9.17) is 9.63 Å². The number of hydrogen-bond donors (Lipinski definition) is 3. The standard InChI is InChI=1S/C21H21N3O4/c25-20(26)7-4-12-22-14-15-8-10-17(11-9-15)23-21(27)18-13-19(28-24-18)16-5-2-1-3-6-16/h1-3,5-6,8-11,13,22H,4,7,12,14H2,(H,23,27)(H,25,26). The van der Waals surface area contributed by atoms with Gasteiger partial charge in [-0.1, -0.05) is 47.6 Å². The monoisotopic (exact) mass is 379 g/mol. The Morgan fingerprint density at radius 2 is 1.79 bits per heavy atom. The third-order valence-corrected chi connectivity index (χ3v) is 4.09. The fourth-order valence-corrected chi connectivity index (χ4v) is 2.62. The molecule has 0 bridgehead atoms. The minimum absolute atomic E-state index is 0.159. The highest BCUT2D eigenvalue weighted by atomic mass is 16.5. The van der Waals surface area contributed by atoms with Crippen molar-refractivity contribution in [2.75, 3.05) is 11.9 Å². The first kappa shape index (κ1) is 19.3. The van der Waals surface area contributed by atoms with Crippen LogP contribution in [0.3, 0.4) is 0 Å². The van der Waals surface area contributed by atoms with Crippen molar-refractivity contribution in [3.63, 3.8) is 0 Å². The number of nitrogens with zero attached hydrogens (tertiary/aromatic N) is 1. The van der Waals surface area contributed by atoms with Gasteiger partial charge >= 0.3 is 5.97 Å². The van der Waals surface area contributed by atoms with Gasteiger partial charge in [-0.05, 0) is 30.7 Å². The Morgan fingerprint density at radius 3 is 2.50 bits per heavy atom. The molecular weight excluding hydrogens is 358 g/mol. The maximum atomic E-state index is 12.3. The second-order valence-electron chi connectivity index (χ2n) is 6.27. The highest BCUT2D eigenvalue weighted by Gasteiger charge is 2.13. The molecule has 0 aliphatic rings. The zero-order valence-electron chi connectivity index (χ0n) is 15.2. The summed E-state index contributed by atoms with van der Waals surface area (Å²) in [6.45, 7) is 1.28. The van der Waals surface area contributed by atoms with Crippen molar-refractivity contribution in [1.82, 2.24) is 10.5 Å². The van der Waals surface area contributed by atoms with Crippen molar-refractivity contribution < 1.29 is 19.2 Å². The van der Waals surface area contributed by atoms with Gasteiger partial charge in [0, 0.05) is 30.3 Å². The lowest BCUT2D eigenvalue weighted by atomic mass is 10.1. The number of aliphatic carboxylic acids is 1. The SMILES string of the molecule is O=C(O)CCCNCc1ccc(NC(=O)c2cc(-c3ccccc3)on2)cc1. The van der Waals surface area contributed by atoms with Gasteiger partial charge in [0.1, 0.15) is 0 Å². The molecule has 0 aliphatic carbocycles. The van der Waals surface area contributed by atoms with E-state index in [2.05, 4.69) is 15.8 Å². The summed E-state index contributed by atoms with van der Waals surface area (Å²) in [7, 11) is 0. The highest BCUT2D eigenvalue weighted by Crippen LogP contribution is 2.20. The van der Waals surface area contributed by atoms with Crippen LogP contribution in [0.4, 0.5) is 5.69 Å². The molecule has 1 amide bonds. The molecular formula is C21H21N3O4. The van der Waals surface area contributed by atoms with Gasteiger partial charge in [0.25, 0.3) is 5.91 Å². The van der Waals surface area contributed by atoms with Gasteiger partial charge in [-0.2, -0.15) is 0 Å². The average molecular weight is 379 g/mol. The predicted octanol–water partition coefficient (Wildman–Crippen LogP) is 3.55. The molecule has 0 unspecified atom stereocenters. The Bertz CT molecular complexity index is 920. The van der Waals surface area contributed by atoms with Crippen molar-refractivity contribution >= 4 is 17.6 Å². The van der Waals surface area contributed by atoms with E-state index in [-0.39, 0.29) is 18.0 Å². The summed E-state index contributed by atoms with van der Waals surface area (Å²) < 4.78 is 5.25. The molecule has 0 radical (unpaired) electrons. The molecule has 0 saturated heterocycles. The number of hydrogen-bond acceptors (Lipinski definition) is 5. The predicted molar refractivity (Wildman–Crippen MR) is 105 cm³/mol. The second-order valence-corrected chi connectivity index (χ2v) is 6.27. The number of rotatable bonds is 9. The Morgan fingerprint density at radius 1 is 1.04 bits per heavy atom. The van der Waals surface area contributed by atoms with Crippen LogP contribution in [0.1, 0.15) is 28.9 Å². The van der Waals surface area contributed by atoms with Crippen molar-refractivity contribution in [3.05, 3.63) is 71.9 Å². The van der Waals surface area contributed by atoms with E-state index in [1.54, 1.807) is 6.07 Å². The maximum Gasteiger partial charge on any atom is 0.303 e. The minimum atomic E-state index is -0.787. The molecule has 0 aliphatic heterocycles. The fraction of sp³-hybridized carbons (Fsp3) is 0.190. The molecule has 3 N–H and O–H groups in total. The summed E-state index contributed by atoms with van der Waals surface area (Å²) in [6.07, 6.45) is 0.748. The van der Waals surface area contributed by atoms with Crippen LogP contribution in [-0.2, 0) is 11.3 Å². The van der Waals surface area contributed by atoms with Gasteiger partial charge in [0.2, 0.25) is 0 Å². The summed E-state index contributed by atoms with van der Waals surface area (Å²) in [5, 5.41) is 18.4. The lowest BCUT2D eigenvalue weighted by Gasteiger charge is -2.06. The van der Waals surface area contributed by atoms with Gasteiger partial charge in [0.05, 0.1) is 0 Å². The number of anilines is 1. The van der Waals surface area contributed by atoms with Gasteiger partial charge in [-0.25, -0.2) is 0 Å². The second kappa shape index (κ2) is 9.48. The van der Waals surface area contributed by atoms with Crippen LogP contribution in [-0.4, -0.2) is 28.7 Å². The Labute approximate surface area is 162 Å².